The highest BCUT2D eigenvalue weighted by Gasteiger charge is 2.19. The molecule has 0 amide bonds. The summed E-state index contributed by atoms with van der Waals surface area (Å²) < 4.78 is 5.85. The standard InChI is InChI=1S/C24H27N5O2S/c1-3-5-6-7-14-31-17-10-8-16(9-11-17)20-15-19(21-13-12-18(4-2)32-21)22(24(30)25-20)23-26-28-29-27-23/h8-13,15H,3-7,14H2,1-2H3,(H,25,30)(H,26,27,28,29). The second-order valence-corrected chi connectivity index (χ2v) is 8.76. The maximum atomic E-state index is 13.1. The van der Waals surface area contributed by atoms with Crippen LogP contribution in [0, 0.1) is 0 Å². The van der Waals surface area contributed by atoms with Crippen molar-refractivity contribution in [2.24, 2.45) is 0 Å². The number of pyridine rings is 1. The average molecular weight is 450 g/mol. The zero-order valence-corrected chi connectivity index (χ0v) is 19.2. The zero-order chi connectivity index (χ0) is 22.3. The van der Waals surface area contributed by atoms with E-state index in [0.29, 0.717) is 5.56 Å². The molecule has 0 bridgehead atoms. The first-order valence-corrected chi connectivity index (χ1v) is 11.8. The molecule has 4 aromatic rings. The lowest BCUT2D eigenvalue weighted by atomic mass is 10.0. The van der Waals surface area contributed by atoms with Gasteiger partial charge in [-0.2, -0.15) is 5.21 Å². The van der Waals surface area contributed by atoms with Gasteiger partial charge < -0.3 is 9.72 Å². The summed E-state index contributed by atoms with van der Waals surface area (Å²) in [6.07, 6.45) is 5.64. The van der Waals surface area contributed by atoms with Gasteiger partial charge in [0.25, 0.3) is 5.56 Å². The van der Waals surface area contributed by atoms with Gasteiger partial charge in [-0.1, -0.05) is 33.1 Å². The fourth-order valence-corrected chi connectivity index (χ4v) is 4.53. The number of thiophene rings is 1. The Bertz CT molecular complexity index is 1200. The quantitative estimate of drug-likeness (QED) is 0.313. The molecule has 3 aromatic heterocycles. The van der Waals surface area contributed by atoms with Crippen LogP contribution >= 0.6 is 11.3 Å². The summed E-state index contributed by atoms with van der Waals surface area (Å²) >= 11 is 1.67. The van der Waals surface area contributed by atoms with Crippen LogP contribution < -0.4 is 10.3 Å². The van der Waals surface area contributed by atoms with E-state index < -0.39 is 0 Å². The molecule has 4 rings (SSSR count). The number of nitrogens with one attached hydrogen (secondary N) is 2. The van der Waals surface area contributed by atoms with Crippen LogP contribution in [-0.4, -0.2) is 32.2 Å². The minimum absolute atomic E-state index is 0.249. The lowest BCUT2D eigenvalue weighted by Crippen LogP contribution is -2.12. The van der Waals surface area contributed by atoms with Gasteiger partial charge in [0.2, 0.25) is 5.82 Å². The van der Waals surface area contributed by atoms with E-state index in [2.05, 4.69) is 45.5 Å². The van der Waals surface area contributed by atoms with E-state index in [-0.39, 0.29) is 11.4 Å². The molecular formula is C24H27N5O2S. The van der Waals surface area contributed by atoms with Gasteiger partial charge in [-0.05, 0) is 66.1 Å². The van der Waals surface area contributed by atoms with Gasteiger partial charge in [0, 0.05) is 21.0 Å². The molecule has 0 aliphatic rings. The Balaban J connectivity index is 1.64. The molecule has 0 saturated carbocycles. The third-order valence-electron chi connectivity index (χ3n) is 5.31. The number of aromatic nitrogens is 5. The van der Waals surface area contributed by atoms with Crippen LogP contribution in [0.5, 0.6) is 5.75 Å². The molecule has 0 radical (unpaired) electrons. The van der Waals surface area contributed by atoms with Crippen molar-refractivity contribution in [2.45, 2.75) is 46.0 Å². The summed E-state index contributed by atoms with van der Waals surface area (Å²) in [4.78, 5) is 18.3. The third-order valence-corrected chi connectivity index (χ3v) is 6.57. The van der Waals surface area contributed by atoms with Crippen LogP contribution in [0.1, 0.15) is 44.4 Å². The van der Waals surface area contributed by atoms with Crippen LogP contribution in [0.4, 0.5) is 0 Å². The number of tetrazole rings is 1. The molecule has 3 heterocycles. The molecule has 0 unspecified atom stereocenters. The molecule has 0 atom stereocenters. The Morgan fingerprint density at radius 3 is 2.56 bits per heavy atom. The van der Waals surface area contributed by atoms with Crippen LogP contribution in [0.15, 0.2) is 47.3 Å². The number of nitrogens with zero attached hydrogens (tertiary/aromatic N) is 3. The van der Waals surface area contributed by atoms with Crippen molar-refractivity contribution in [3.8, 4) is 38.8 Å². The van der Waals surface area contributed by atoms with Gasteiger partial charge in [0.15, 0.2) is 0 Å². The Labute approximate surface area is 190 Å². The summed E-state index contributed by atoms with van der Waals surface area (Å²) in [6.45, 7) is 5.04. The number of unbranched alkanes of at least 4 members (excludes halogenated alkanes) is 3. The molecule has 8 heteroatoms. The van der Waals surface area contributed by atoms with E-state index in [4.69, 9.17) is 4.74 Å². The topological polar surface area (TPSA) is 96.6 Å². The van der Waals surface area contributed by atoms with Crippen molar-refractivity contribution >= 4 is 11.3 Å². The Morgan fingerprint density at radius 2 is 1.88 bits per heavy atom. The van der Waals surface area contributed by atoms with E-state index in [1.165, 1.54) is 24.1 Å². The fourth-order valence-electron chi connectivity index (χ4n) is 3.56. The maximum absolute atomic E-state index is 13.1. The molecular weight excluding hydrogens is 422 g/mol. The molecule has 0 aliphatic carbocycles. The maximum Gasteiger partial charge on any atom is 0.260 e. The van der Waals surface area contributed by atoms with E-state index in [1.54, 1.807) is 11.3 Å². The van der Waals surface area contributed by atoms with E-state index >= 15 is 0 Å². The summed E-state index contributed by atoms with van der Waals surface area (Å²) in [5, 5.41) is 14.1. The molecule has 0 spiro atoms. The van der Waals surface area contributed by atoms with Crippen molar-refractivity contribution in [1.82, 2.24) is 25.6 Å². The first-order chi connectivity index (χ1) is 15.7. The van der Waals surface area contributed by atoms with E-state index in [0.717, 1.165) is 46.9 Å². The van der Waals surface area contributed by atoms with Crippen LogP contribution in [-0.2, 0) is 6.42 Å². The first-order valence-electron chi connectivity index (χ1n) is 11.0. The number of ether oxygens (including phenoxy) is 1. The van der Waals surface area contributed by atoms with Gasteiger partial charge in [-0.3, -0.25) is 4.79 Å². The van der Waals surface area contributed by atoms with Crippen LogP contribution in [0.2, 0.25) is 0 Å². The predicted octanol–water partition coefficient (Wildman–Crippen LogP) is 5.47. The highest BCUT2D eigenvalue weighted by molar-refractivity contribution is 7.15. The molecule has 32 heavy (non-hydrogen) atoms. The monoisotopic (exact) mass is 449 g/mol. The largest absolute Gasteiger partial charge is 0.494 e. The summed E-state index contributed by atoms with van der Waals surface area (Å²) in [5.41, 5.74) is 2.61. The van der Waals surface area contributed by atoms with Crippen molar-refractivity contribution in [2.75, 3.05) is 6.61 Å². The molecule has 0 fully saturated rings. The lowest BCUT2D eigenvalue weighted by molar-refractivity contribution is 0.305. The first kappa shape index (κ1) is 22.0. The van der Waals surface area contributed by atoms with E-state index in [9.17, 15) is 4.79 Å². The number of hydrogen-bond acceptors (Lipinski definition) is 6. The summed E-state index contributed by atoms with van der Waals surface area (Å²) in [5.74, 6) is 1.12. The number of rotatable bonds is 10. The fraction of sp³-hybridized carbons (Fsp3) is 0.333. The van der Waals surface area contributed by atoms with Crippen LogP contribution in [0.3, 0.4) is 0 Å². The second kappa shape index (κ2) is 10.4. The highest BCUT2D eigenvalue weighted by atomic mass is 32.1. The molecule has 0 saturated heterocycles. The molecule has 166 valence electrons. The number of aryl methyl sites for hydroxylation is 1. The Kier molecular flexibility index (Phi) is 7.11. The minimum atomic E-state index is -0.249. The molecule has 7 nitrogen and oxygen atoms in total. The smallest absolute Gasteiger partial charge is 0.260 e. The summed E-state index contributed by atoms with van der Waals surface area (Å²) in [6, 6.07) is 13.9. The molecule has 0 aliphatic heterocycles. The number of H-pyrrole nitrogens is 2. The lowest BCUT2D eigenvalue weighted by Gasteiger charge is -2.10. The van der Waals surface area contributed by atoms with E-state index in [1.807, 2.05) is 36.4 Å². The Hall–Kier alpha value is -3.26. The second-order valence-electron chi connectivity index (χ2n) is 7.59. The number of hydrogen-bond donors (Lipinski definition) is 2. The van der Waals surface area contributed by atoms with Gasteiger partial charge in [0.1, 0.15) is 5.75 Å². The summed E-state index contributed by atoms with van der Waals surface area (Å²) in [7, 11) is 0. The zero-order valence-electron chi connectivity index (χ0n) is 18.4. The minimum Gasteiger partial charge on any atom is -0.494 e. The highest BCUT2D eigenvalue weighted by Crippen LogP contribution is 2.35. The third kappa shape index (κ3) is 4.96. The molecule has 2 N–H and O–H groups in total. The Morgan fingerprint density at radius 1 is 1.03 bits per heavy atom. The van der Waals surface area contributed by atoms with Crippen molar-refractivity contribution in [3.05, 3.63) is 57.7 Å². The molecule has 1 aromatic carbocycles. The van der Waals surface area contributed by atoms with Crippen molar-refractivity contribution in [3.63, 3.8) is 0 Å². The van der Waals surface area contributed by atoms with Gasteiger partial charge >= 0.3 is 0 Å². The van der Waals surface area contributed by atoms with Crippen molar-refractivity contribution in [1.29, 1.82) is 0 Å². The van der Waals surface area contributed by atoms with Gasteiger partial charge in [0.05, 0.1) is 12.2 Å². The predicted molar refractivity (Wildman–Crippen MR) is 128 cm³/mol. The number of benzene rings is 1. The SMILES string of the molecule is CCCCCCOc1ccc(-c2cc(-c3ccc(CC)s3)c(-c3nn[nH]n3)c(=O)[nH]2)cc1. The van der Waals surface area contributed by atoms with Gasteiger partial charge in [-0.25, -0.2) is 0 Å². The number of aromatic amines is 2. The van der Waals surface area contributed by atoms with Crippen molar-refractivity contribution < 1.29 is 4.74 Å². The average Bonchev–Trinajstić information content (AvgIpc) is 3.51. The normalized spacial score (nSPS) is 11.1. The van der Waals surface area contributed by atoms with Crippen LogP contribution in [0.25, 0.3) is 33.1 Å². The van der Waals surface area contributed by atoms with Gasteiger partial charge in [-0.15, -0.1) is 21.5 Å².